The van der Waals surface area contributed by atoms with Crippen molar-refractivity contribution in [2.45, 2.75) is 25.3 Å². The number of oxazole rings is 1. The van der Waals surface area contributed by atoms with Crippen LogP contribution in [0.5, 0.6) is 11.5 Å². The highest BCUT2D eigenvalue weighted by Crippen LogP contribution is 2.47. The average Bonchev–Trinajstić information content (AvgIpc) is 3.41. The summed E-state index contributed by atoms with van der Waals surface area (Å²) in [5.41, 5.74) is 1.09. The molecule has 0 unspecified atom stereocenters. The van der Waals surface area contributed by atoms with Crippen molar-refractivity contribution in [3.05, 3.63) is 69.4 Å². The predicted molar refractivity (Wildman–Crippen MR) is 128 cm³/mol. The molecular weight excluding hydrogens is 481 g/mol. The van der Waals surface area contributed by atoms with Crippen molar-refractivity contribution < 1.29 is 18.7 Å². The molecule has 0 atom stereocenters. The fourth-order valence-electron chi connectivity index (χ4n) is 4.26. The predicted octanol–water partition coefficient (Wildman–Crippen LogP) is 5.70. The van der Waals surface area contributed by atoms with Gasteiger partial charge in [0, 0.05) is 10.9 Å². The second-order valence-electron chi connectivity index (χ2n) is 8.20. The molecule has 6 rings (SSSR count). The Morgan fingerprint density at radius 2 is 2.18 bits per heavy atom. The van der Waals surface area contributed by atoms with Gasteiger partial charge >= 0.3 is 0 Å². The first-order chi connectivity index (χ1) is 16.5. The third-order valence-corrected chi connectivity index (χ3v) is 7.48. The van der Waals surface area contributed by atoms with Gasteiger partial charge in [-0.25, -0.2) is 14.4 Å². The first kappa shape index (κ1) is 21.1. The Bertz CT molecular complexity index is 1640. The average molecular weight is 498 g/mol. The number of methoxy groups -OCH3 is 1. The summed E-state index contributed by atoms with van der Waals surface area (Å²) in [5, 5.41) is 11.6. The summed E-state index contributed by atoms with van der Waals surface area (Å²) in [6.07, 6.45) is 4.69. The number of hydrogen-bond acceptors (Lipinski definition) is 7. The van der Waals surface area contributed by atoms with Gasteiger partial charge < -0.3 is 14.3 Å². The number of benzene rings is 2. The van der Waals surface area contributed by atoms with Crippen LogP contribution in [0.4, 0.5) is 4.39 Å². The Morgan fingerprint density at radius 3 is 2.88 bits per heavy atom. The first-order valence-corrected chi connectivity index (χ1v) is 11.8. The molecular formula is C24H17ClFN3O4S. The third-order valence-electron chi connectivity index (χ3n) is 6.07. The first-order valence-electron chi connectivity index (χ1n) is 10.6. The molecule has 2 aromatic carbocycles. The number of thiophene rings is 1. The van der Waals surface area contributed by atoms with E-state index in [1.165, 1.54) is 41.7 Å². The number of aromatic nitrogens is 3. The molecule has 3 aromatic heterocycles. The molecule has 5 aromatic rings. The maximum absolute atomic E-state index is 14.6. The smallest absolute Gasteiger partial charge is 0.263 e. The molecule has 1 fully saturated rings. The fraction of sp³-hybridized carbons (Fsp3) is 0.208. The quantitative estimate of drug-likeness (QED) is 0.335. The molecule has 1 saturated carbocycles. The number of rotatable bonds is 5. The molecule has 0 spiro atoms. The number of phenolic OH excluding ortho intramolecular Hbond substituents is 1. The monoisotopic (exact) mass is 497 g/mol. The number of halogens is 2. The van der Waals surface area contributed by atoms with Gasteiger partial charge in [0.2, 0.25) is 0 Å². The van der Waals surface area contributed by atoms with E-state index in [4.69, 9.17) is 25.7 Å². The van der Waals surface area contributed by atoms with Crippen molar-refractivity contribution in [1.29, 1.82) is 0 Å². The van der Waals surface area contributed by atoms with Crippen LogP contribution in [0.1, 0.15) is 30.1 Å². The molecule has 1 aliphatic rings. The van der Waals surface area contributed by atoms with Crippen molar-refractivity contribution in [3.63, 3.8) is 0 Å². The highest BCUT2D eigenvalue weighted by atomic mass is 35.5. The van der Waals surface area contributed by atoms with E-state index in [9.17, 15) is 14.3 Å². The van der Waals surface area contributed by atoms with Crippen molar-refractivity contribution in [2.75, 3.05) is 7.11 Å². The molecule has 0 bridgehead atoms. The summed E-state index contributed by atoms with van der Waals surface area (Å²) in [6.45, 7) is 0.0812. The Morgan fingerprint density at radius 1 is 1.35 bits per heavy atom. The Kier molecular flexibility index (Phi) is 4.86. The topological polar surface area (TPSA) is 90.4 Å². The molecule has 34 heavy (non-hydrogen) atoms. The van der Waals surface area contributed by atoms with Crippen LogP contribution in [0, 0.1) is 5.82 Å². The minimum Gasteiger partial charge on any atom is -0.505 e. The van der Waals surface area contributed by atoms with E-state index in [0.29, 0.717) is 37.5 Å². The second kappa shape index (κ2) is 7.82. The van der Waals surface area contributed by atoms with E-state index >= 15 is 0 Å². The zero-order valence-corrected chi connectivity index (χ0v) is 19.4. The van der Waals surface area contributed by atoms with E-state index in [-0.39, 0.29) is 34.5 Å². The number of aromatic hydroxyl groups is 1. The fourth-order valence-corrected chi connectivity index (χ4v) is 5.59. The minimum atomic E-state index is -0.459. The molecule has 7 nitrogen and oxygen atoms in total. The molecule has 1 N–H and O–H groups in total. The summed E-state index contributed by atoms with van der Waals surface area (Å²) >= 11 is 7.29. The van der Waals surface area contributed by atoms with Crippen LogP contribution in [-0.4, -0.2) is 26.8 Å². The van der Waals surface area contributed by atoms with Gasteiger partial charge in [0.05, 0.1) is 35.0 Å². The van der Waals surface area contributed by atoms with Gasteiger partial charge in [0.15, 0.2) is 23.7 Å². The van der Waals surface area contributed by atoms with Crippen LogP contribution in [0.15, 0.2) is 46.1 Å². The molecule has 3 heterocycles. The largest absolute Gasteiger partial charge is 0.505 e. The SMILES string of the molecule is COc1cc(-c2nc3sc4c(O)c(Cl)ccc4c3c(=O)n2Cc2cnco2)c(C2CC2)cc1F. The third kappa shape index (κ3) is 3.26. The van der Waals surface area contributed by atoms with E-state index < -0.39 is 5.82 Å². The highest BCUT2D eigenvalue weighted by molar-refractivity contribution is 7.25. The van der Waals surface area contributed by atoms with Crippen molar-refractivity contribution in [3.8, 4) is 22.9 Å². The van der Waals surface area contributed by atoms with Gasteiger partial charge in [-0.2, -0.15) is 0 Å². The maximum atomic E-state index is 14.6. The van der Waals surface area contributed by atoms with Gasteiger partial charge in [-0.05, 0) is 42.5 Å². The molecule has 0 amide bonds. The van der Waals surface area contributed by atoms with Gasteiger partial charge in [0.1, 0.15) is 16.4 Å². The molecule has 0 radical (unpaired) electrons. The van der Waals surface area contributed by atoms with Crippen LogP contribution >= 0.6 is 22.9 Å². The summed E-state index contributed by atoms with van der Waals surface area (Å²) in [5.74, 6) is 0.544. The Labute approximate surface area is 201 Å². The molecule has 172 valence electrons. The van der Waals surface area contributed by atoms with E-state index in [0.717, 1.165) is 18.4 Å². The van der Waals surface area contributed by atoms with Crippen LogP contribution in [0.2, 0.25) is 5.02 Å². The van der Waals surface area contributed by atoms with Gasteiger partial charge in [-0.1, -0.05) is 17.7 Å². The van der Waals surface area contributed by atoms with Crippen molar-refractivity contribution in [1.82, 2.24) is 14.5 Å². The molecule has 1 aliphatic carbocycles. The Hall–Kier alpha value is -3.43. The van der Waals surface area contributed by atoms with Gasteiger partial charge in [0.25, 0.3) is 5.56 Å². The zero-order chi connectivity index (χ0) is 23.6. The zero-order valence-electron chi connectivity index (χ0n) is 17.8. The van der Waals surface area contributed by atoms with Crippen LogP contribution < -0.4 is 10.3 Å². The second-order valence-corrected chi connectivity index (χ2v) is 9.60. The highest BCUT2D eigenvalue weighted by Gasteiger charge is 2.30. The Balaban J connectivity index is 1.71. The maximum Gasteiger partial charge on any atom is 0.263 e. The normalized spacial score (nSPS) is 13.7. The number of phenols is 1. The molecule has 0 saturated heterocycles. The molecule has 0 aliphatic heterocycles. The number of fused-ring (bicyclic) bond motifs is 3. The van der Waals surface area contributed by atoms with E-state index in [1.807, 2.05) is 0 Å². The van der Waals surface area contributed by atoms with E-state index in [1.54, 1.807) is 18.2 Å². The van der Waals surface area contributed by atoms with Gasteiger partial charge in [-0.3, -0.25) is 9.36 Å². The number of ether oxygens (including phenoxy) is 1. The van der Waals surface area contributed by atoms with E-state index in [2.05, 4.69) is 4.98 Å². The van der Waals surface area contributed by atoms with Gasteiger partial charge in [-0.15, -0.1) is 11.3 Å². The summed E-state index contributed by atoms with van der Waals surface area (Å²) in [7, 11) is 1.40. The van der Waals surface area contributed by atoms with Crippen molar-refractivity contribution in [2.24, 2.45) is 0 Å². The number of hydrogen-bond donors (Lipinski definition) is 1. The molecule has 10 heteroatoms. The van der Waals surface area contributed by atoms with Crippen LogP contribution in [0.3, 0.4) is 0 Å². The number of nitrogens with zero attached hydrogens (tertiary/aromatic N) is 3. The minimum absolute atomic E-state index is 0.0701. The lowest BCUT2D eigenvalue weighted by Gasteiger charge is -2.16. The lowest BCUT2D eigenvalue weighted by atomic mass is 10.0. The lowest BCUT2D eigenvalue weighted by Crippen LogP contribution is -2.24. The standard InChI is InChI=1S/C24H17ClFN3O4S/c1-32-18-7-15(14(6-17(18)26)11-2-3-11)22-28-23-19(13-4-5-16(25)20(30)21(13)34-23)24(31)29(22)9-12-8-27-10-33-12/h4-8,10-11,30H,2-3,9H2,1H3. The summed E-state index contributed by atoms with van der Waals surface area (Å²) in [4.78, 5) is 23.1. The van der Waals surface area contributed by atoms with Crippen LogP contribution in [-0.2, 0) is 6.54 Å². The summed E-state index contributed by atoms with van der Waals surface area (Å²) in [6, 6.07) is 6.32. The summed E-state index contributed by atoms with van der Waals surface area (Å²) < 4.78 is 27.3. The van der Waals surface area contributed by atoms with Crippen LogP contribution in [0.25, 0.3) is 31.7 Å². The van der Waals surface area contributed by atoms with Crippen molar-refractivity contribution >= 4 is 43.2 Å². The lowest BCUT2D eigenvalue weighted by molar-refractivity contribution is 0.386.